The molecule has 4 heterocycles. The first-order valence-electron chi connectivity index (χ1n) is 9.76. The van der Waals surface area contributed by atoms with Crippen LogP contribution in [-0.4, -0.2) is 43.9 Å². The molecule has 0 aliphatic carbocycles. The SMILES string of the molecule is CC(c1ccc2ncccc2c1)c1nnc2ccc(N3CCC[C@@H](N)C3)nn12. The number of hydrogen-bond acceptors (Lipinski definition) is 6. The van der Waals surface area contributed by atoms with Gasteiger partial charge < -0.3 is 10.6 Å². The lowest BCUT2D eigenvalue weighted by Crippen LogP contribution is -2.43. The van der Waals surface area contributed by atoms with Crippen LogP contribution in [0.5, 0.6) is 0 Å². The number of nitrogens with two attached hydrogens (primary N) is 1. The second-order valence-corrected chi connectivity index (χ2v) is 7.55. The van der Waals surface area contributed by atoms with Crippen molar-refractivity contribution in [1.82, 2.24) is 24.8 Å². The maximum Gasteiger partial charge on any atom is 0.178 e. The van der Waals surface area contributed by atoms with E-state index in [0.29, 0.717) is 0 Å². The van der Waals surface area contributed by atoms with Crippen molar-refractivity contribution in [1.29, 1.82) is 0 Å². The fourth-order valence-corrected chi connectivity index (χ4v) is 3.97. The zero-order chi connectivity index (χ0) is 19.1. The minimum Gasteiger partial charge on any atom is -0.354 e. The third-order valence-electron chi connectivity index (χ3n) is 5.57. The van der Waals surface area contributed by atoms with Crippen molar-refractivity contribution in [2.24, 2.45) is 5.73 Å². The molecular weight excluding hydrogens is 350 g/mol. The van der Waals surface area contributed by atoms with Gasteiger partial charge in [-0.25, -0.2) is 0 Å². The van der Waals surface area contributed by atoms with E-state index in [1.54, 1.807) is 0 Å². The van der Waals surface area contributed by atoms with Crippen molar-refractivity contribution >= 4 is 22.4 Å². The van der Waals surface area contributed by atoms with Crippen LogP contribution in [0, 0.1) is 0 Å². The molecule has 0 amide bonds. The Kier molecular flexibility index (Phi) is 4.16. The van der Waals surface area contributed by atoms with Crippen LogP contribution < -0.4 is 10.6 Å². The lowest BCUT2D eigenvalue weighted by atomic mass is 9.98. The first kappa shape index (κ1) is 17.1. The predicted molar refractivity (Wildman–Crippen MR) is 109 cm³/mol. The number of rotatable bonds is 3. The highest BCUT2D eigenvalue weighted by atomic mass is 15.4. The summed E-state index contributed by atoms with van der Waals surface area (Å²) >= 11 is 0. The van der Waals surface area contributed by atoms with Gasteiger partial charge in [-0.15, -0.1) is 15.3 Å². The summed E-state index contributed by atoms with van der Waals surface area (Å²) in [4.78, 5) is 6.66. The van der Waals surface area contributed by atoms with Crippen molar-refractivity contribution < 1.29 is 0 Å². The smallest absolute Gasteiger partial charge is 0.178 e. The molecule has 0 bridgehead atoms. The molecule has 1 aromatic carbocycles. The van der Waals surface area contributed by atoms with E-state index in [2.05, 4.69) is 51.3 Å². The molecule has 0 spiro atoms. The highest BCUT2D eigenvalue weighted by molar-refractivity contribution is 5.79. The van der Waals surface area contributed by atoms with Crippen molar-refractivity contribution in [3.8, 4) is 0 Å². The van der Waals surface area contributed by atoms with Gasteiger partial charge in [0.05, 0.1) is 5.52 Å². The Hall–Kier alpha value is -3.06. The van der Waals surface area contributed by atoms with Crippen LogP contribution >= 0.6 is 0 Å². The number of hydrogen-bond donors (Lipinski definition) is 1. The minimum atomic E-state index is 0.0611. The third-order valence-corrected chi connectivity index (χ3v) is 5.57. The number of piperidine rings is 1. The average Bonchev–Trinajstić information content (AvgIpc) is 3.16. The molecule has 2 N–H and O–H groups in total. The molecule has 0 radical (unpaired) electrons. The molecule has 1 unspecified atom stereocenters. The lowest BCUT2D eigenvalue weighted by Gasteiger charge is -2.31. The van der Waals surface area contributed by atoms with Gasteiger partial charge in [-0.3, -0.25) is 4.98 Å². The van der Waals surface area contributed by atoms with Crippen molar-refractivity contribution in [2.45, 2.75) is 31.7 Å². The molecule has 1 fully saturated rings. The molecule has 28 heavy (non-hydrogen) atoms. The number of aromatic nitrogens is 5. The van der Waals surface area contributed by atoms with E-state index in [9.17, 15) is 0 Å². The third kappa shape index (κ3) is 2.97. The van der Waals surface area contributed by atoms with Gasteiger partial charge in [0.2, 0.25) is 0 Å². The summed E-state index contributed by atoms with van der Waals surface area (Å²) in [6.07, 6.45) is 3.98. The topological polar surface area (TPSA) is 85.2 Å². The summed E-state index contributed by atoms with van der Waals surface area (Å²) in [5.74, 6) is 1.82. The van der Waals surface area contributed by atoms with Crippen LogP contribution in [0.15, 0.2) is 48.7 Å². The van der Waals surface area contributed by atoms with Crippen LogP contribution in [0.3, 0.4) is 0 Å². The van der Waals surface area contributed by atoms with Gasteiger partial charge in [-0.1, -0.05) is 19.1 Å². The molecule has 1 aliphatic rings. The Labute approximate surface area is 163 Å². The second kappa shape index (κ2) is 6.83. The van der Waals surface area contributed by atoms with Crippen LogP contribution in [0.1, 0.15) is 37.1 Å². The first-order chi connectivity index (χ1) is 13.7. The van der Waals surface area contributed by atoms with Gasteiger partial charge >= 0.3 is 0 Å². The fourth-order valence-electron chi connectivity index (χ4n) is 3.97. The number of nitrogens with zero attached hydrogens (tertiary/aromatic N) is 6. The predicted octanol–water partition coefficient (Wildman–Crippen LogP) is 2.75. The van der Waals surface area contributed by atoms with Gasteiger partial charge in [0.25, 0.3) is 0 Å². The van der Waals surface area contributed by atoms with Gasteiger partial charge in [0.1, 0.15) is 5.82 Å². The van der Waals surface area contributed by atoms with Crippen molar-refractivity contribution in [3.05, 3.63) is 60.0 Å². The fraction of sp³-hybridized carbons (Fsp3) is 0.333. The zero-order valence-electron chi connectivity index (χ0n) is 15.9. The summed E-state index contributed by atoms with van der Waals surface area (Å²) < 4.78 is 1.87. The molecule has 142 valence electrons. The van der Waals surface area contributed by atoms with Crippen LogP contribution in [-0.2, 0) is 0 Å². The molecule has 1 aliphatic heterocycles. The quantitative estimate of drug-likeness (QED) is 0.594. The molecule has 0 saturated carbocycles. The van der Waals surface area contributed by atoms with E-state index in [0.717, 1.165) is 54.1 Å². The number of pyridine rings is 1. The summed E-state index contributed by atoms with van der Waals surface area (Å²) in [5, 5.41) is 14.7. The molecule has 7 heteroatoms. The Balaban J connectivity index is 1.53. The van der Waals surface area contributed by atoms with E-state index in [1.165, 1.54) is 5.56 Å². The lowest BCUT2D eigenvalue weighted by molar-refractivity contribution is 0.501. The maximum absolute atomic E-state index is 6.15. The molecule has 2 atom stereocenters. The Morgan fingerprint density at radius 2 is 2.07 bits per heavy atom. The molecule has 4 aromatic rings. The largest absolute Gasteiger partial charge is 0.354 e. The van der Waals surface area contributed by atoms with Gasteiger partial charge in [0.15, 0.2) is 11.5 Å². The highest BCUT2D eigenvalue weighted by Crippen LogP contribution is 2.26. The summed E-state index contributed by atoms with van der Waals surface area (Å²) in [5.41, 5.74) is 9.07. The monoisotopic (exact) mass is 373 g/mol. The van der Waals surface area contributed by atoms with Crippen molar-refractivity contribution in [2.75, 3.05) is 18.0 Å². The van der Waals surface area contributed by atoms with E-state index in [1.807, 2.05) is 28.9 Å². The van der Waals surface area contributed by atoms with Crippen LogP contribution in [0.2, 0.25) is 0 Å². The normalized spacial score (nSPS) is 18.6. The number of fused-ring (bicyclic) bond motifs is 2. The Bertz CT molecular complexity index is 1140. The summed E-state index contributed by atoms with van der Waals surface area (Å²) in [6.45, 7) is 3.96. The van der Waals surface area contributed by atoms with E-state index >= 15 is 0 Å². The van der Waals surface area contributed by atoms with E-state index in [-0.39, 0.29) is 12.0 Å². The standard InChI is InChI=1S/C21H23N7/c1-14(15-6-7-18-16(12-15)4-2-10-23-18)21-25-24-19-8-9-20(26-28(19)21)27-11-3-5-17(22)13-27/h2,4,6-10,12,14,17H,3,5,11,13,22H2,1H3/t14?,17-/m1/s1. The number of benzene rings is 1. The molecule has 7 nitrogen and oxygen atoms in total. The van der Waals surface area contributed by atoms with Crippen LogP contribution in [0.25, 0.3) is 16.6 Å². The Morgan fingerprint density at radius 3 is 2.96 bits per heavy atom. The van der Waals surface area contributed by atoms with Gasteiger partial charge in [-0.05, 0) is 48.7 Å². The van der Waals surface area contributed by atoms with E-state index in [4.69, 9.17) is 10.8 Å². The van der Waals surface area contributed by atoms with Gasteiger partial charge in [-0.2, -0.15) is 4.52 Å². The Morgan fingerprint density at radius 1 is 1.14 bits per heavy atom. The van der Waals surface area contributed by atoms with Crippen LogP contribution in [0.4, 0.5) is 5.82 Å². The van der Waals surface area contributed by atoms with E-state index < -0.39 is 0 Å². The molecule has 1 saturated heterocycles. The zero-order valence-corrected chi connectivity index (χ0v) is 15.9. The first-order valence-corrected chi connectivity index (χ1v) is 9.76. The summed E-state index contributed by atoms with van der Waals surface area (Å²) in [6, 6.07) is 14.6. The second-order valence-electron chi connectivity index (χ2n) is 7.55. The van der Waals surface area contributed by atoms with Gasteiger partial charge in [0, 0.05) is 36.6 Å². The van der Waals surface area contributed by atoms with Crippen molar-refractivity contribution in [3.63, 3.8) is 0 Å². The highest BCUT2D eigenvalue weighted by Gasteiger charge is 2.21. The maximum atomic E-state index is 6.15. The number of anilines is 1. The molecule has 5 rings (SSSR count). The molecular formula is C21H23N7. The summed E-state index contributed by atoms with van der Waals surface area (Å²) in [7, 11) is 0. The average molecular weight is 373 g/mol. The minimum absolute atomic E-state index is 0.0611. The molecule has 3 aromatic heterocycles.